The van der Waals surface area contributed by atoms with E-state index in [-0.39, 0.29) is 16.8 Å². The number of para-hydroxylation sites is 2. The highest BCUT2D eigenvalue weighted by Crippen LogP contribution is 2.33. The van der Waals surface area contributed by atoms with Crippen LogP contribution in [0, 0.1) is 0 Å². The molecule has 0 radical (unpaired) electrons. The fourth-order valence-corrected chi connectivity index (χ4v) is 4.77. The fraction of sp³-hybridized carbons (Fsp3) is 0.320. The summed E-state index contributed by atoms with van der Waals surface area (Å²) in [6.45, 7) is 3.93. The Morgan fingerprint density at radius 3 is 2.31 bits per heavy atom. The van der Waals surface area contributed by atoms with Gasteiger partial charge < -0.3 is 14.5 Å². The van der Waals surface area contributed by atoms with E-state index in [1.807, 2.05) is 24.3 Å². The molecule has 2 heterocycles. The molecule has 1 fully saturated rings. The van der Waals surface area contributed by atoms with E-state index in [1.54, 1.807) is 49.3 Å². The van der Waals surface area contributed by atoms with Crippen molar-refractivity contribution < 1.29 is 22.7 Å². The second-order valence-corrected chi connectivity index (χ2v) is 9.34. The number of carbonyl (C=O) groups excluding carboxylic acids is 1. The van der Waals surface area contributed by atoms with Crippen molar-refractivity contribution in [1.29, 1.82) is 0 Å². The molecule has 3 aromatic rings. The zero-order chi connectivity index (χ0) is 25.0. The maximum absolute atomic E-state index is 13.5. The van der Waals surface area contributed by atoms with Gasteiger partial charge in [0.05, 0.1) is 23.7 Å². The number of anilines is 1. The molecule has 10 heteroatoms. The fourth-order valence-electron chi connectivity index (χ4n) is 3.90. The molecule has 0 aliphatic carbocycles. The van der Waals surface area contributed by atoms with Crippen LogP contribution in [-0.2, 0) is 11.0 Å². The van der Waals surface area contributed by atoms with Crippen LogP contribution in [0.4, 0.5) is 18.9 Å². The average molecular weight is 503 g/mol. The van der Waals surface area contributed by atoms with Gasteiger partial charge in [-0.15, -0.1) is 0 Å². The quantitative estimate of drug-likeness (QED) is 0.349. The molecule has 35 heavy (non-hydrogen) atoms. The Hall–Kier alpha value is -3.27. The predicted molar refractivity (Wildman–Crippen MR) is 130 cm³/mol. The lowest BCUT2D eigenvalue weighted by atomic mass is 10.1. The summed E-state index contributed by atoms with van der Waals surface area (Å²) >= 11 is 0.941. The zero-order valence-electron chi connectivity index (χ0n) is 19.3. The Bertz CT molecular complexity index is 1170. The maximum Gasteiger partial charge on any atom is 0.433 e. The number of rotatable bonds is 6. The lowest BCUT2D eigenvalue weighted by Gasteiger charge is -2.37. The van der Waals surface area contributed by atoms with Crippen molar-refractivity contribution in [2.45, 2.75) is 23.5 Å². The monoisotopic (exact) mass is 502 g/mol. The SMILES string of the molecule is COc1ccccc1N1CCN(C(=O)[C@H](C)Sc2nc(-c3ccccc3)cc(C(F)(F)F)n2)CC1. The number of aromatic nitrogens is 2. The number of nitrogens with zero attached hydrogens (tertiary/aromatic N) is 4. The Morgan fingerprint density at radius 1 is 1.00 bits per heavy atom. The van der Waals surface area contributed by atoms with Crippen LogP contribution in [0.5, 0.6) is 5.75 Å². The first-order valence-corrected chi connectivity index (χ1v) is 12.0. The van der Waals surface area contributed by atoms with Crippen molar-refractivity contribution in [2.24, 2.45) is 0 Å². The number of alkyl halides is 3. The van der Waals surface area contributed by atoms with Crippen LogP contribution in [0.25, 0.3) is 11.3 Å². The topological polar surface area (TPSA) is 58.6 Å². The second-order valence-electron chi connectivity index (χ2n) is 8.03. The highest BCUT2D eigenvalue weighted by molar-refractivity contribution is 8.00. The van der Waals surface area contributed by atoms with E-state index in [1.165, 1.54) is 0 Å². The first kappa shape index (κ1) is 24.8. The van der Waals surface area contributed by atoms with Crippen molar-refractivity contribution in [3.05, 3.63) is 66.4 Å². The minimum Gasteiger partial charge on any atom is -0.495 e. The largest absolute Gasteiger partial charge is 0.495 e. The highest BCUT2D eigenvalue weighted by atomic mass is 32.2. The summed E-state index contributed by atoms with van der Waals surface area (Å²) in [6.07, 6.45) is -4.62. The van der Waals surface area contributed by atoms with Crippen LogP contribution < -0.4 is 9.64 Å². The molecule has 1 saturated heterocycles. The standard InChI is InChI=1S/C25H25F3N4O2S/c1-17(23(33)32-14-12-31(13-15-32)20-10-6-7-11-21(20)34-2)35-24-29-19(18-8-4-3-5-9-18)16-22(30-24)25(26,27)28/h3-11,16-17H,12-15H2,1-2H3/t17-/m0/s1. The normalized spacial score (nSPS) is 15.1. The van der Waals surface area contributed by atoms with Crippen LogP contribution in [0.2, 0.25) is 0 Å². The van der Waals surface area contributed by atoms with Crippen LogP contribution >= 0.6 is 11.8 Å². The van der Waals surface area contributed by atoms with E-state index in [4.69, 9.17) is 4.74 Å². The Labute approximate surface area is 206 Å². The molecule has 1 atom stereocenters. The second kappa shape index (κ2) is 10.6. The number of benzene rings is 2. The molecule has 1 amide bonds. The summed E-state index contributed by atoms with van der Waals surface area (Å²) < 4.78 is 45.9. The summed E-state index contributed by atoms with van der Waals surface area (Å²) in [4.78, 5) is 25.0. The number of carbonyl (C=O) groups is 1. The number of piperazine rings is 1. The Balaban J connectivity index is 1.46. The van der Waals surface area contributed by atoms with Crippen LogP contribution in [0.15, 0.2) is 65.8 Å². The van der Waals surface area contributed by atoms with Crippen molar-refractivity contribution in [2.75, 3.05) is 38.2 Å². The van der Waals surface area contributed by atoms with Gasteiger partial charge in [-0.1, -0.05) is 54.2 Å². The molecule has 184 valence electrons. The molecule has 4 rings (SSSR count). The third-order valence-electron chi connectivity index (χ3n) is 5.71. The van der Waals surface area contributed by atoms with E-state index in [2.05, 4.69) is 14.9 Å². The Morgan fingerprint density at radius 2 is 1.66 bits per heavy atom. The van der Waals surface area contributed by atoms with E-state index >= 15 is 0 Å². The van der Waals surface area contributed by atoms with Gasteiger partial charge in [-0.3, -0.25) is 4.79 Å². The number of halogens is 3. The lowest BCUT2D eigenvalue weighted by Crippen LogP contribution is -2.50. The molecule has 0 bridgehead atoms. The number of hydrogen-bond donors (Lipinski definition) is 0. The summed E-state index contributed by atoms with van der Waals surface area (Å²) in [5, 5.41) is -0.716. The molecule has 1 aliphatic heterocycles. The van der Waals surface area contributed by atoms with Gasteiger partial charge >= 0.3 is 6.18 Å². The molecule has 0 N–H and O–H groups in total. The molecule has 1 aliphatic rings. The number of amides is 1. The third kappa shape index (κ3) is 5.87. The number of ether oxygens (including phenoxy) is 1. The van der Waals surface area contributed by atoms with Gasteiger partial charge in [0.15, 0.2) is 5.16 Å². The van der Waals surface area contributed by atoms with Gasteiger partial charge in [-0.2, -0.15) is 13.2 Å². The molecule has 0 spiro atoms. The minimum atomic E-state index is -4.62. The molecule has 6 nitrogen and oxygen atoms in total. The van der Waals surface area contributed by atoms with Gasteiger partial charge in [-0.05, 0) is 25.1 Å². The molecular formula is C25H25F3N4O2S. The summed E-state index contributed by atoms with van der Waals surface area (Å²) in [6, 6.07) is 17.3. The van der Waals surface area contributed by atoms with Gasteiger partial charge in [0.2, 0.25) is 5.91 Å². The van der Waals surface area contributed by atoms with E-state index in [0.29, 0.717) is 31.7 Å². The van der Waals surface area contributed by atoms with Gasteiger partial charge in [0, 0.05) is 31.7 Å². The van der Waals surface area contributed by atoms with E-state index in [0.717, 1.165) is 29.3 Å². The van der Waals surface area contributed by atoms with E-state index < -0.39 is 17.1 Å². The minimum absolute atomic E-state index is 0.0767. The van der Waals surface area contributed by atoms with Crippen molar-refractivity contribution >= 4 is 23.4 Å². The number of methoxy groups -OCH3 is 1. The van der Waals surface area contributed by atoms with Crippen LogP contribution in [0.3, 0.4) is 0 Å². The average Bonchev–Trinajstić information content (AvgIpc) is 2.88. The first-order valence-electron chi connectivity index (χ1n) is 11.1. The molecule has 1 aromatic heterocycles. The van der Waals surface area contributed by atoms with Crippen LogP contribution in [-0.4, -0.2) is 59.3 Å². The molecule has 2 aromatic carbocycles. The molecule has 0 saturated carbocycles. The summed E-state index contributed by atoms with van der Waals surface area (Å²) in [5.41, 5.74) is 0.656. The van der Waals surface area contributed by atoms with Crippen molar-refractivity contribution in [3.8, 4) is 17.0 Å². The first-order chi connectivity index (χ1) is 16.8. The predicted octanol–water partition coefficient (Wildman–Crippen LogP) is 5.00. The van der Waals surface area contributed by atoms with Gasteiger partial charge in [0.1, 0.15) is 11.4 Å². The zero-order valence-corrected chi connectivity index (χ0v) is 20.1. The summed E-state index contributed by atoms with van der Waals surface area (Å²) in [7, 11) is 1.62. The number of thioether (sulfide) groups is 1. The number of hydrogen-bond acceptors (Lipinski definition) is 6. The highest BCUT2D eigenvalue weighted by Gasteiger charge is 2.34. The summed E-state index contributed by atoms with van der Waals surface area (Å²) in [5.74, 6) is 0.615. The van der Waals surface area contributed by atoms with Crippen molar-refractivity contribution in [3.63, 3.8) is 0 Å². The van der Waals surface area contributed by atoms with Crippen molar-refractivity contribution in [1.82, 2.24) is 14.9 Å². The Kier molecular flexibility index (Phi) is 7.49. The molecular weight excluding hydrogens is 477 g/mol. The smallest absolute Gasteiger partial charge is 0.433 e. The maximum atomic E-state index is 13.5. The van der Waals surface area contributed by atoms with Crippen LogP contribution in [0.1, 0.15) is 12.6 Å². The third-order valence-corrected chi connectivity index (χ3v) is 6.66. The van der Waals surface area contributed by atoms with Gasteiger partial charge in [-0.25, -0.2) is 9.97 Å². The van der Waals surface area contributed by atoms with E-state index in [9.17, 15) is 18.0 Å². The molecule has 0 unspecified atom stereocenters. The van der Waals surface area contributed by atoms with Gasteiger partial charge in [0.25, 0.3) is 0 Å². The lowest BCUT2D eigenvalue weighted by molar-refractivity contribution is -0.141.